The first-order valence-corrected chi connectivity index (χ1v) is 24.6. The summed E-state index contributed by atoms with van der Waals surface area (Å²) in [6.07, 6.45) is 4.43. The molecule has 2 bridgehead atoms. The summed E-state index contributed by atoms with van der Waals surface area (Å²) in [4.78, 5) is 11.4. The molecule has 4 nitrogen and oxygen atoms in total. The molecule has 0 aliphatic heterocycles. The molecule has 1 spiro atoms. The van der Waals surface area contributed by atoms with Crippen LogP contribution in [-0.4, -0.2) is 14.4 Å². The predicted molar refractivity (Wildman–Crippen MR) is 277 cm³/mol. The second-order valence-corrected chi connectivity index (χ2v) is 21.6. The third-order valence-electron chi connectivity index (χ3n) is 19.3. The van der Waals surface area contributed by atoms with Gasteiger partial charge in [0.15, 0.2) is 0 Å². The number of aromatic nitrogens is 3. The number of furan rings is 1. The maximum atomic E-state index is 7.05. The Morgan fingerprint density at radius 2 is 0.942 bits per heavy atom. The summed E-state index contributed by atoms with van der Waals surface area (Å²) in [6.45, 7) is 9.91. The number of pyridine rings is 2. The maximum Gasteiger partial charge on any atom is 0.143 e. The molecule has 8 aromatic carbocycles. The van der Waals surface area contributed by atoms with Gasteiger partial charge in [0.05, 0.1) is 51.2 Å². The molecule has 0 saturated carbocycles. The lowest BCUT2D eigenvalue weighted by Crippen LogP contribution is -2.69. The summed E-state index contributed by atoms with van der Waals surface area (Å²) in [6, 6.07) is 61.6. The maximum absolute atomic E-state index is 7.05. The number of benzene rings is 8. The van der Waals surface area contributed by atoms with Gasteiger partial charge in [-0.1, -0.05) is 146 Å². The number of rotatable bonds is 1. The van der Waals surface area contributed by atoms with Gasteiger partial charge in [-0.25, -0.2) is 0 Å². The van der Waals surface area contributed by atoms with Crippen molar-refractivity contribution in [2.24, 2.45) is 0 Å². The minimum Gasteiger partial charge on any atom is -0.455 e. The number of hydrogen-bond acceptors (Lipinski definition) is 3. The van der Waals surface area contributed by atoms with E-state index < -0.39 is 10.8 Å². The second-order valence-electron chi connectivity index (χ2n) is 21.6. The zero-order valence-electron chi connectivity index (χ0n) is 38.5. The molecule has 13 aromatic rings. The number of fused-ring (bicyclic) bond motifs is 18. The minimum absolute atomic E-state index is 0.228. The number of hydrogen-bond donors (Lipinski definition) is 0. The van der Waals surface area contributed by atoms with E-state index in [1.807, 2.05) is 0 Å². The molecule has 0 saturated heterocycles. The Morgan fingerprint density at radius 3 is 1.59 bits per heavy atom. The monoisotopic (exact) mass is 879 g/mol. The van der Waals surface area contributed by atoms with Crippen LogP contribution in [0.1, 0.15) is 94.7 Å². The quantitative estimate of drug-likeness (QED) is 0.165. The van der Waals surface area contributed by atoms with Crippen LogP contribution in [0.3, 0.4) is 0 Å². The molecule has 69 heavy (non-hydrogen) atoms. The van der Waals surface area contributed by atoms with Gasteiger partial charge in [-0.3, -0.25) is 9.97 Å². The van der Waals surface area contributed by atoms with Crippen LogP contribution in [0.4, 0.5) is 0 Å². The van der Waals surface area contributed by atoms with Crippen molar-refractivity contribution < 1.29 is 4.42 Å². The van der Waals surface area contributed by atoms with Crippen molar-refractivity contribution in [1.82, 2.24) is 14.4 Å². The van der Waals surface area contributed by atoms with Crippen molar-refractivity contribution in [2.75, 3.05) is 0 Å². The molecule has 0 amide bonds. The van der Waals surface area contributed by atoms with E-state index >= 15 is 0 Å². The van der Waals surface area contributed by atoms with E-state index in [9.17, 15) is 0 Å². The van der Waals surface area contributed by atoms with Gasteiger partial charge in [0.2, 0.25) is 0 Å². The Labute approximate surface area is 396 Å². The van der Waals surface area contributed by atoms with E-state index in [-0.39, 0.29) is 16.2 Å². The Morgan fingerprint density at radius 1 is 0.435 bits per heavy atom. The second kappa shape index (κ2) is 10.9. The average molecular weight is 880 g/mol. The molecular formula is C65H41N3O. The normalized spacial score (nSPS) is 25.1. The van der Waals surface area contributed by atoms with Crippen molar-refractivity contribution in [3.8, 4) is 11.1 Å². The summed E-state index contributed by atoms with van der Waals surface area (Å²) in [5.74, 6) is 0. The van der Waals surface area contributed by atoms with Gasteiger partial charge in [-0.05, 0) is 117 Å². The zero-order chi connectivity index (χ0) is 45.3. The van der Waals surface area contributed by atoms with Gasteiger partial charge in [-0.15, -0.1) is 0 Å². The molecule has 0 fully saturated rings. The Balaban J connectivity index is 1.07. The summed E-state index contributed by atoms with van der Waals surface area (Å²) < 4.78 is 9.61. The SMILES string of the molecule is CC12c3ccccc3C(C)(c3ccccc31)c1c2ncc2c1c1cc(-c3c4ccccc4cc4c3oc3ccccc34)cc3c4c5c(ncc4n2c13)C1(C)c2ccccc2C12c1ccccc1C52C. The fourth-order valence-corrected chi connectivity index (χ4v) is 16.8. The fourth-order valence-electron chi connectivity index (χ4n) is 16.8. The highest BCUT2D eigenvalue weighted by atomic mass is 16.3. The fraction of sp³-hybridized carbons (Fsp3) is 0.138. The third kappa shape index (κ3) is 3.32. The summed E-state index contributed by atoms with van der Waals surface area (Å²) in [5.41, 5.74) is 22.1. The van der Waals surface area contributed by atoms with E-state index in [0.29, 0.717) is 0 Å². The molecule has 0 N–H and O–H groups in total. The van der Waals surface area contributed by atoms with Crippen LogP contribution in [0.15, 0.2) is 181 Å². The first kappa shape index (κ1) is 36.0. The zero-order valence-corrected chi connectivity index (χ0v) is 38.5. The van der Waals surface area contributed by atoms with Crippen LogP contribution in [0.5, 0.6) is 0 Å². The molecule has 322 valence electrons. The van der Waals surface area contributed by atoms with Gasteiger partial charge in [0.25, 0.3) is 0 Å². The molecule has 3 unspecified atom stereocenters. The summed E-state index contributed by atoms with van der Waals surface area (Å²) in [5, 5.41) is 9.74. The average Bonchev–Trinajstić information content (AvgIpc) is 4.07. The van der Waals surface area contributed by atoms with Crippen molar-refractivity contribution in [3.63, 3.8) is 0 Å². The lowest BCUT2D eigenvalue weighted by atomic mass is 9.32. The van der Waals surface area contributed by atoms with E-state index in [4.69, 9.17) is 14.4 Å². The lowest BCUT2D eigenvalue weighted by Gasteiger charge is -2.68. The summed E-state index contributed by atoms with van der Waals surface area (Å²) in [7, 11) is 0. The first-order valence-electron chi connectivity index (χ1n) is 24.6. The van der Waals surface area contributed by atoms with Crippen molar-refractivity contribution in [1.29, 1.82) is 0 Å². The molecule has 6 aliphatic carbocycles. The van der Waals surface area contributed by atoms with Gasteiger partial charge in [-0.2, -0.15) is 0 Å². The Hall–Kier alpha value is -8.08. The molecule has 0 radical (unpaired) electrons. The molecule has 5 heterocycles. The van der Waals surface area contributed by atoms with Crippen molar-refractivity contribution in [3.05, 3.63) is 243 Å². The molecular weight excluding hydrogens is 839 g/mol. The van der Waals surface area contributed by atoms with Gasteiger partial charge >= 0.3 is 0 Å². The molecule has 3 atom stereocenters. The van der Waals surface area contributed by atoms with Crippen LogP contribution in [-0.2, 0) is 27.1 Å². The lowest BCUT2D eigenvalue weighted by molar-refractivity contribution is 0.167. The van der Waals surface area contributed by atoms with Crippen molar-refractivity contribution in [2.45, 2.75) is 54.8 Å². The molecule has 19 rings (SSSR count). The van der Waals surface area contributed by atoms with Crippen LogP contribution in [0, 0.1) is 0 Å². The van der Waals surface area contributed by atoms with Gasteiger partial charge in [0, 0.05) is 54.1 Å². The molecule has 6 aliphatic rings. The largest absolute Gasteiger partial charge is 0.455 e. The predicted octanol–water partition coefficient (Wildman–Crippen LogP) is 14.9. The highest BCUT2D eigenvalue weighted by Gasteiger charge is 2.81. The van der Waals surface area contributed by atoms with Crippen LogP contribution >= 0.6 is 0 Å². The smallest absolute Gasteiger partial charge is 0.143 e. The highest BCUT2D eigenvalue weighted by molar-refractivity contribution is 6.28. The molecule has 5 aromatic heterocycles. The first-order chi connectivity index (χ1) is 33.8. The standard InChI is InChI=1S/C65H41N3O/c1-61-41-20-8-10-22-43(41)62(2,44-23-11-9-21-42(44)61)59-55(61)53-39-30-35(52-36-18-6-5-17-34(36)29-38-37-19-7-16-28-51(37)69-58(38)52)31-40-54-50(68(57(39)40)49(53)32-66-59)33-67-60-56(54)63(3)45-24-12-14-26-47(45)65(63)48-27-15-13-25-46(48)64(60,65)4/h5-33H,1-4H3. The molecule has 4 heteroatoms. The van der Waals surface area contributed by atoms with E-state index in [1.54, 1.807) is 0 Å². The Kier molecular flexibility index (Phi) is 5.71. The summed E-state index contributed by atoms with van der Waals surface area (Å²) >= 11 is 0. The number of para-hydroxylation sites is 1. The minimum atomic E-state index is -0.458. The van der Waals surface area contributed by atoms with E-state index in [1.165, 1.54) is 99.2 Å². The van der Waals surface area contributed by atoms with Gasteiger partial charge < -0.3 is 8.82 Å². The van der Waals surface area contributed by atoms with E-state index in [2.05, 4.69) is 208 Å². The Bertz CT molecular complexity index is 4600. The highest BCUT2D eigenvalue weighted by Crippen LogP contribution is 2.82. The third-order valence-corrected chi connectivity index (χ3v) is 19.3. The van der Waals surface area contributed by atoms with Gasteiger partial charge in [0.1, 0.15) is 11.2 Å². The van der Waals surface area contributed by atoms with Crippen LogP contribution in [0.2, 0.25) is 0 Å². The van der Waals surface area contributed by atoms with Crippen molar-refractivity contribution >= 4 is 70.8 Å². The number of nitrogens with zero attached hydrogens (tertiary/aromatic N) is 3. The van der Waals surface area contributed by atoms with Crippen LogP contribution < -0.4 is 0 Å². The van der Waals surface area contributed by atoms with E-state index in [0.717, 1.165) is 49.8 Å². The topological polar surface area (TPSA) is 43.3 Å². The van der Waals surface area contributed by atoms with Crippen LogP contribution in [0.25, 0.3) is 81.9 Å².